The zero-order valence-electron chi connectivity index (χ0n) is 9.34. The summed E-state index contributed by atoms with van der Waals surface area (Å²) in [6, 6.07) is 6.22. The average Bonchev–Trinajstić information content (AvgIpc) is 2.76. The molecular formula is C13H17N3. The average molecular weight is 215 g/mol. The summed E-state index contributed by atoms with van der Waals surface area (Å²) >= 11 is 0. The molecule has 84 valence electrons. The molecule has 0 unspecified atom stereocenters. The standard InChI is InChI=1S/C13H17N3/c14-6-3-13-5-9-16(11-13)8-4-12-2-1-7-15-10-12/h1-2,5,7,9-11H,3-4,6,8,14H2. The van der Waals surface area contributed by atoms with Crippen LogP contribution < -0.4 is 5.73 Å². The van der Waals surface area contributed by atoms with Crippen LogP contribution in [0.2, 0.25) is 0 Å². The Kier molecular flexibility index (Phi) is 3.72. The monoisotopic (exact) mass is 215 g/mol. The molecule has 2 heterocycles. The molecule has 0 aliphatic heterocycles. The summed E-state index contributed by atoms with van der Waals surface area (Å²) in [5, 5.41) is 0. The second-order valence-corrected chi connectivity index (χ2v) is 3.91. The third kappa shape index (κ3) is 2.94. The van der Waals surface area contributed by atoms with Crippen molar-refractivity contribution in [3.63, 3.8) is 0 Å². The van der Waals surface area contributed by atoms with Gasteiger partial charge in [-0.1, -0.05) is 6.07 Å². The summed E-state index contributed by atoms with van der Waals surface area (Å²) in [5.74, 6) is 0. The maximum atomic E-state index is 5.52. The molecule has 3 heteroatoms. The highest BCUT2D eigenvalue weighted by molar-refractivity contribution is 5.12. The minimum atomic E-state index is 0.715. The molecule has 0 aliphatic rings. The summed E-state index contributed by atoms with van der Waals surface area (Å²) in [6.45, 7) is 1.71. The minimum absolute atomic E-state index is 0.715. The second-order valence-electron chi connectivity index (χ2n) is 3.91. The molecule has 2 rings (SSSR count). The fourth-order valence-corrected chi connectivity index (χ4v) is 1.75. The van der Waals surface area contributed by atoms with E-state index in [0.29, 0.717) is 6.54 Å². The first-order valence-electron chi connectivity index (χ1n) is 5.62. The molecule has 0 fully saturated rings. The first kappa shape index (κ1) is 10.9. The Morgan fingerprint density at radius 2 is 2.12 bits per heavy atom. The van der Waals surface area contributed by atoms with Gasteiger partial charge in [0, 0.05) is 31.3 Å². The van der Waals surface area contributed by atoms with Crippen LogP contribution >= 0.6 is 0 Å². The van der Waals surface area contributed by atoms with Gasteiger partial charge in [-0.15, -0.1) is 0 Å². The van der Waals surface area contributed by atoms with E-state index in [2.05, 4.69) is 34.1 Å². The molecule has 0 aromatic carbocycles. The van der Waals surface area contributed by atoms with Crippen molar-refractivity contribution in [2.45, 2.75) is 19.4 Å². The van der Waals surface area contributed by atoms with Crippen molar-refractivity contribution in [1.82, 2.24) is 9.55 Å². The Labute approximate surface area is 95.9 Å². The fourth-order valence-electron chi connectivity index (χ4n) is 1.75. The molecule has 0 aliphatic carbocycles. The van der Waals surface area contributed by atoms with Gasteiger partial charge < -0.3 is 10.3 Å². The number of nitrogens with two attached hydrogens (primary N) is 1. The van der Waals surface area contributed by atoms with Crippen molar-refractivity contribution < 1.29 is 0 Å². The molecule has 16 heavy (non-hydrogen) atoms. The van der Waals surface area contributed by atoms with Crippen molar-refractivity contribution in [3.05, 3.63) is 54.1 Å². The van der Waals surface area contributed by atoms with Crippen LogP contribution in [-0.4, -0.2) is 16.1 Å². The van der Waals surface area contributed by atoms with E-state index in [4.69, 9.17) is 5.73 Å². The van der Waals surface area contributed by atoms with Gasteiger partial charge in [-0.25, -0.2) is 0 Å². The molecular weight excluding hydrogens is 198 g/mol. The van der Waals surface area contributed by atoms with Gasteiger partial charge in [0.05, 0.1) is 0 Å². The first-order chi connectivity index (χ1) is 7.88. The molecule has 2 N–H and O–H groups in total. The maximum Gasteiger partial charge on any atom is 0.0300 e. The molecule has 0 radical (unpaired) electrons. The molecule has 0 atom stereocenters. The zero-order chi connectivity index (χ0) is 11.2. The number of pyridine rings is 1. The van der Waals surface area contributed by atoms with Gasteiger partial charge in [-0.3, -0.25) is 4.98 Å². The quantitative estimate of drug-likeness (QED) is 0.823. The lowest BCUT2D eigenvalue weighted by Crippen LogP contribution is -2.02. The van der Waals surface area contributed by atoms with Crippen molar-refractivity contribution >= 4 is 0 Å². The third-order valence-electron chi connectivity index (χ3n) is 2.63. The van der Waals surface area contributed by atoms with E-state index < -0.39 is 0 Å². The van der Waals surface area contributed by atoms with Crippen LogP contribution in [0.25, 0.3) is 0 Å². The van der Waals surface area contributed by atoms with Gasteiger partial charge in [-0.05, 0) is 42.6 Å². The van der Waals surface area contributed by atoms with E-state index in [-0.39, 0.29) is 0 Å². The maximum absolute atomic E-state index is 5.52. The lowest BCUT2D eigenvalue weighted by Gasteiger charge is -2.02. The minimum Gasteiger partial charge on any atom is -0.354 e. The lowest BCUT2D eigenvalue weighted by molar-refractivity contribution is 0.697. The summed E-state index contributed by atoms with van der Waals surface area (Å²) in [7, 11) is 0. The Morgan fingerprint density at radius 1 is 1.19 bits per heavy atom. The summed E-state index contributed by atoms with van der Waals surface area (Å²) in [5.41, 5.74) is 8.11. The molecule has 2 aromatic heterocycles. The number of rotatable bonds is 5. The summed E-state index contributed by atoms with van der Waals surface area (Å²) < 4.78 is 2.21. The number of hydrogen-bond donors (Lipinski definition) is 1. The number of hydrogen-bond acceptors (Lipinski definition) is 2. The van der Waals surface area contributed by atoms with Crippen LogP contribution in [0.5, 0.6) is 0 Å². The molecule has 2 aromatic rings. The van der Waals surface area contributed by atoms with Crippen LogP contribution in [0.15, 0.2) is 43.0 Å². The van der Waals surface area contributed by atoms with Gasteiger partial charge in [0.1, 0.15) is 0 Å². The molecule has 0 saturated carbocycles. The molecule has 0 bridgehead atoms. The van der Waals surface area contributed by atoms with E-state index in [1.165, 1.54) is 11.1 Å². The van der Waals surface area contributed by atoms with Crippen LogP contribution in [0, 0.1) is 0 Å². The molecule has 3 nitrogen and oxygen atoms in total. The SMILES string of the molecule is NCCc1ccn(CCc2cccnc2)c1. The third-order valence-corrected chi connectivity index (χ3v) is 2.63. The fraction of sp³-hybridized carbons (Fsp3) is 0.308. The Hall–Kier alpha value is -1.61. The van der Waals surface area contributed by atoms with Crippen molar-refractivity contribution in [2.75, 3.05) is 6.54 Å². The van der Waals surface area contributed by atoms with E-state index in [0.717, 1.165) is 19.4 Å². The van der Waals surface area contributed by atoms with Crippen LogP contribution in [0.3, 0.4) is 0 Å². The number of aromatic nitrogens is 2. The Bertz CT molecular complexity index is 420. The second kappa shape index (κ2) is 5.47. The van der Waals surface area contributed by atoms with E-state index in [9.17, 15) is 0 Å². The van der Waals surface area contributed by atoms with E-state index in [1.54, 1.807) is 6.20 Å². The summed E-state index contributed by atoms with van der Waals surface area (Å²) in [6.07, 6.45) is 9.98. The molecule has 0 amide bonds. The van der Waals surface area contributed by atoms with Crippen LogP contribution in [0.4, 0.5) is 0 Å². The number of aryl methyl sites for hydroxylation is 2. The van der Waals surface area contributed by atoms with Gasteiger partial charge in [0.25, 0.3) is 0 Å². The van der Waals surface area contributed by atoms with E-state index in [1.807, 2.05) is 12.3 Å². The molecule has 0 saturated heterocycles. The first-order valence-corrected chi connectivity index (χ1v) is 5.62. The highest BCUT2D eigenvalue weighted by Gasteiger charge is 1.97. The predicted molar refractivity (Wildman–Crippen MR) is 65.1 cm³/mol. The molecule has 0 spiro atoms. The van der Waals surface area contributed by atoms with Gasteiger partial charge in [0.2, 0.25) is 0 Å². The van der Waals surface area contributed by atoms with E-state index >= 15 is 0 Å². The van der Waals surface area contributed by atoms with Gasteiger partial charge >= 0.3 is 0 Å². The van der Waals surface area contributed by atoms with Crippen molar-refractivity contribution in [1.29, 1.82) is 0 Å². The Balaban J connectivity index is 1.89. The van der Waals surface area contributed by atoms with Crippen LogP contribution in [0.1, 0.15) is 11.1 Å². The number of nitrogens with zero attached hydrogens (tertiary/aromatic N) is 2. The topological polar surface area (TPSA) is 43.8 Å². The largest absolute Gasteiger partial charge is 0.354 e. The Morgan fingerprint density at radius 3 is 2.88 bits per heavy atom. The predicted octanol–water partition coefficient (Wildman–Crippen LogP) is 1.63. The van der Waals surface area contributed by atoms with Crippen molar-refractivity contribution in [2.24, 2.45) is 5.73 Å². The van der Waals surface area contributed by atoms with Gasteiger partial charge in [0.15, 0.2) is 0 Å². The van der Waals surface area contributed by atoms with Crippen LogP contribution in [-0.2, 0) is 19.4 Å². The highest BCUT2D eigenvalue weighted by atomic mass is 14.9. The van der Waals surface area contributed by atoms with Crippen molar-refractivity contribution in [3.8, 4) is 0 Å². The van der Waals surface area contributed by atoms with Gasteiger partial charge in [-0.2, -0.15) is 0 Å². The smallest absolute Gasteiger partial charge is 0.0300 e. The summed E-state index contributed by atoms with van der Waals surface area (Å²) in [4.78, 5) is 4.11. The zero-order valence-corrected chi connectivity index (χ0v) is 9.34. The lowest BCUT2D eigenvalue weighted by atomic mass is 10.2. The normalized spacial score (nSPS) is 10.6. The highest BCUT2D eigenvalue weighted by Crippen LogP contribution is 2.04.